The molecule has 0 aliphatic rings. The topological polar surface area (TPSA) is 135 Å². The van der Waals surface area contributed by atoms with Crippen molar-refractivity contribution in [2.24, 2.45) is 0 Å². The van der Waals surface area contributed by atoms with Crippen molar-refractivity contribution in [2.75, 3.05) is 6.61 Å². The van der Waals surface area contributed by atoms with Crippen molar-refractivity contribution in [1.82, 2.24) is 0 Å². The average Bonchev–Trinajstić information content (AvgIpc) is 2.34. The average molecular weight is 328 g/mol. The number of carbonyl (C=O) groups excluding carboxylic acids is 2. The van der Waals surface area contributed by atoms with Crippen LogP contribution in [0.4, 0.5) is 0 Å². The highest BCUT2D eigenvalue weighted by Gasteiger charge is 2.29. The molecule has 5 N–H and O–H groups in total. The zero-order valence-electron chi connectivity index (χ0n) is 8.86. The standard InChI is InChI=1S/C6H12O6.C2HCl3O/c7-1-3(9)5(11)6(12)4(10)2-8;3-2(4,5)1-6/h1,3-6,8-12H,2H2;1H. The van der Waals surface area contributed by atoms with Gasteiger partial charge in [-0.3, -0.25) is 4.79 Å². The molecule has 18 heavy (non-hydrogen) atoms. The summed E-state index contributed by atoms with van der Waals surface area (Å²) in [6.07, 6.45) is -6.61. The molecular formula is C8H13Cl3O7. The first-order valence-corrected chi connectivity index (χ1v) is 5.55. The molecule has 0 spiro atoms. The van der Waals surface area contributed by atoms with Crippen LogP contribution >= 0.6 is 34.8 Å². The zero-order valence-corrected chi connectivity index (χ0v) is 11.1. The lowest BCUT2D eigenvalue weighted by Crippen LogP contribution is -2.46. The fraction of sp³-hybridized carbons (Fsp3) is 0.750. The Morgan fingerprint density at radius 1 is 1.00 bits per heavy atom. The Kier molecular flexibility index (Phi) is 11.2. The lowest BCUT2D eigenvalue weighted by Gasteiger charge is -2.22. The highest BCUT2D eigenvalue weighted by atomic mass is 35.6. The third-order valence-electron chi connectivity index (χ3n) is 1.55. The second-order valence-corrected chi connectivity index (χ2v) is 5.39. The molecule has 0 aromatic carbocycles. The zero-order chi connectivity index (χ0) is 14.9. The number of rotatable bonds is 5. The van der Waals surface area contributed by atoms with Gasteiger partial charge in [-0.1, -0.05) is 34.8 Å². The summed E-state index contributed by atoms with van der Waals surface area (Å²) in [5.74, 6) is 0. The number of hydrogen-bond donors (Lipinski definition) is 5. The molecule has 0 heterocycles. The maximum absolute atomic E-state index is 9.90. The number of aldehydes is 2. The Morgan fingerprint density at radius 2 is 1.39 bits per heavy atom. The van der Waals surface area contributed by atoms with E-state index in [1.165, 1.54) is 0 Å². The molecule has 0 saturated carbocycles. The van der Waals surface area contributed by atoms with Gasteiger partial charge < -0.3 is 30.3 Å². The van der Waals surface area contributed by atoms with E-state index in [9.17, 15) is 9.59 Å². The third-order valence-corrected chi connectivity index (χ3v) is 1.82. The monoisotopic (exact) mass is 326 g/mol. The van der Waals surface area contributed by atoms with Crippen molar-refractivity contribution in [3.8, 4) is 0 Å². The molecule has 4 atom stereocenters. The molecule has 4 unspecified atom stereocenters. The first kappa shape index (κ1) is 20.3. The molecule has 0 amide bonds. The summed E-state index contributed by atoms with van der Waals surface area (Å²) in [7, 11) is 0. The van der Waals surface area contributed by atoms with E-state index in [-0.39, 0.29) is 12.6 Å². The lowest BCUT2D eigenvalue weighted by atomic mass is 10.0. The van der Waals surface area contributed by atoms with E-state index in [1.54, 1.807) is 0 Å². The van der Waals surface area contributed by atoms with Crippen LogP contribution < -0.4 is 0 Å². The van der Waals surface area contributed by atoms with E-state index >= 15 is 0 Å². The molecule has 0 aromatic heterocycles. The molecule has 0 aromatic rings. The van der Waals surface area contributed by atoms with Gasteiger partial charge >= 0.3 is 0 Å². The van der Waals surface area contributed by atoms with Gasteiger partial charge in [-0.15, -0.1) is 0 Å². The summed E-state index contributed by atoms with van der Waals surface area (Å²) < 4.78 is -1.72. The molecule has 0 aliphatic heterocycles. The van der Waals surface area contributed by atoms with E-state index in [0.717, 1.165) is 0 Å². The molecule has 0 bridgehead atoms. The van der Waals surface area contributed by atoms with Gasteiger partial charge in [-0.25, -0.2) is 0 Å². The molecule has 7 nitrogen and oxygen atoms in total. The first-order chi connectivity index (χ1) is 8.10. The minimum absolute atomic E-state index is 0.0258. The number of carbonyl (C=O) groups is 2. The third kappa shape index (κ3) is 9.98. The molecule has 0 radical (unpaired) electrons. The SMILES string of the molecule is O=CC(Cl)(Cl)Cl.O=CC(O)C(O)C(O)C(O)CO. The van der Waals surface area contributed by atoms with Gasteiger partial charge in [0.25, 0.3) is 0 Å². The molecule has 10 heteroatoms. The van der Waals surface area contributed by atoms with Crippen molar-refractivity contribution in [3.05, 3.63) is 0 Å². The number of hydrogen-bond acceptors (Lipinski definition) is 7. The van der Waals surface area contributed by atoms with Crippen LogP contribution in [-0.4, -0.2) is 72.9 Å². The van der Waals surface area contributed by atoms with Crippen molar-refractivity contribution in [3.63, 3.8) is 0 Å². The van der Waals surface area contributed by atoms with Crippen molar-refractivity contribution in [2.45, 2.75) is 28.2 Å². The normalized spacial score (nSPS) is 17.8. The summed E-state index contributed by atoms with van der Waals surface area (Å²) >= 11 is 14.6. The number of aliphatic hydroxyl groups is 5. The second-order valence-electron chi connectivity index (χ2n) is 3.02. The Labute approximate surface area is 118 Å². The van der Waals surface area contributed by atoms with Gasteiger partial charge in [0.15, 0.2) is 12.6 Å². The Morgan fingerprint density at radius 3 is 1.61 bits per heavy atom. The van der Waals surface area contributed by atoms with E-state index < -0.39 is 34.8 Å². The Balaban J connectivity index is 0. The Bertz CT molecular complexity index is 245. The second kappa shape index (κ2) is 9.88. The van der Waals surface area contributed by atoms with Gasteiger partial charge in [0.1, 0.15) is 24.4 Å². The quantitative estimate of drug-likeness (QED) is 0.296. The van der Waals surface area contributed by atoms with Crippen LogP contribution in [0.5, 0.6) is 0 Å². The van der Waals surface area contributed by atoms with Crippen molar-refractivity contribution >= 4 is 47.4 Å². The number of aliphatic hydroxyl groups excluding tert-OH is 5. The predicted molar refractivity (Wildman–Crippen MR) is 63.5 cm³/mol. The summed E-state index contributed by atoms with van der Waals surface area (Å²) in [4.78, 5) is 19.3. The van der Waals surface area contributed by atoms with Gasteiger partial charge in [-0.2, -0.15) is 0 Å². The summed E-state index contributed by atoms with van der Waals surface area (Å²) in [5.41, 5.74) is 0. The fourth-order valence-electron chi connectivity index (χ4n) is 0.618. The fourth-order valence-corrected chi connectivity index (χ4v) is 0.618. The highest BCUT2D eigenvalue weighted by molar-refractivity contribution is 6.74. The van der Waals surface area contributed by atoms with Crippen LogP contribution in [0.2, 0.25) is 0 Å². The van der Waals surface area contributed by atoms with E-state index in [2.05, 4.69) is 0 Å². The van der Waals surface area contributed by atoms with Crippen LogP contribution in [-0.2, 0) is 9.59 Å². The highest BCUT2D eigenvalue weighted by Crippen LogP contribution is 2.21. The lowest BCUT2D eigenvalue weighted by molar-refractivity contribution is -0.136. The maximum atomic E-state index is 9.90. The minimum Gasteiger partial charge on any atom is -0.394 e. The largest absolute Gasteiger partial charge is 0.394 e. The van der Waals surface area contributed by atoms with E-state index in [0.29, 0.717) is 0 Å². The van der Waals surface area contributed by atoms with Gasteiger partial charge in [0.05, 0.1) is 6.61 Å². The molecule has 0 saturated heterocycles. The number of alkyl halides is 3. The molecule has 108 valence electrons. The molecule has 0 rings (SSSR count). The molecular weight excluding hydrogens is 314 g/mol. The predicted octanol–water partition coefficient (Wildman–Crippen LogP) is -1.82. The van der Waals surface area contributed by atoms with Crippen LogP contribution in [0.15, 0.2) is 0 Å². The van der Waals surface area contributed by atoms with Crippen LogP contribution in [0.3, 0.4) is 0 Å². The molecule has 0 aliphatic carbocycles. The van der Waals surface area contributed by atoms with Crippen LogP contribution in [0.25, 0.3) is 0 Å². The van der Waals surface area contributed by atoms with Crippen molar-refractivity contribution in [1.29, 1.82) is 0 Å². The minimum atomic E-state index is -1.79. The first-order valence-electron chi connectivity index (χ1n) is 4.42. The maximum Gasteiger partial charge on any atom is 0.245 e. The smallest absolute Gasteiger partial charge is 0.245 e. The Hall–Kier alpha value is 0.01000. The van der Waals surface area contributed by atoms with Crippen molar-refractivity contribution < 1.29 is 35.1 Å². The summed E-state index contributed by atoms with van der Waals surface area (Å²) in [6, 6.07) is 0. The van der Waals surface area contributed by atoms with E-state index in [4.69, 9.17) is 60.3 Å². The van der Waals surface area contributed by atoms with E-state index in [1.807, 2.05) is 0 Å². The van der Waals surface area contributed by atoms with Crippen LogP contribution in [0.1, 0.15) is 0 Å². The summed E-state index contributed by atoms with van der Waals surface area (Å²) in [5, 5.41) is 43.5. The van der Waals surface area contributed by atoms with Gasteiger partial charge in [0.2, 0.25) is 3.79 Å². The van der Waals surface area contributed by atoms with Gasteiger partial charge in [-0.05, 0) is 0 Å². The summed E-state index contributed by atoms with van der Waals surface area (Å²) in [6.45, 7) is -0.760. The molecule has 0 fully saturated rings. The van der Waals surface area contributed by atoms with Gasteiger partial charge in [0, 0.05) is 0 Å². The number of halogens is 3. The van der Waals surface area contributed by atoms with Crippen LogP contribution in [0, 0.1) is 0 Å².